The molecule has 1 aromatic carbocycles. The van der Waals surface area contributed by atoms with E-state index in [4.69, 9.17) is 16.3 Å². The monoisotopic (exact) mass is 625 g/mol. The Balaban J connectivity index is 1.42. The highest BCUT2D eigenvalue weighted by Crippen LogP contribution is 2.28. The molecular weight excluding hydrogens is 605 g/mol. The third-order valence-electron chi connectivity index (χ3n) is 5.98. The van der Waals surface area contributed by atoms with Crippen molar-refractivity contribution in [1.29, 1.82) is 0 Å². The first kappa shape index (κ1) is 30.0. The Morgan fingerprint density at radius 1 is 1.25 bits per heavy atom. The molecule has 4 rings (SSSR count). The summed E-state index contributed by atoms with van der Waals surface area (Å²) in [4.78, 5) is 32.6. The molecule has 0 aliphatic carbocycles. The van der Waals surface area contributed by atoms with Crippen LogP contribution in [0.15, 0.2) is 29.6 Å². The van der Waals surface area contributed by atoms with E-state index in [-0.39, 0.29) is 35.9 Å². The van der Waals surface area contributed by atoms with E-state index >= 15 is 0 Å². The van der Waals surface area contributed by atoms with E-state index in [1.807, 2.05) is 0 Å². The fourth-order valence-corrected chi connectivity index (χ4v) is 5.98. The predicted octanol–water partition coefficient (Wildman–Crippen LogP) is 4.42. The van der Waals surface area contributed by atoms with Gasteiger partial charge in [0.15, 0.2) is 10.8 Å². The number of halogens is 6. The Morgan fingerprint density at radius 2 is 2.00 bits per heavy atom. The fraction of sp³-hybridized carbons (Fsp3) is 0.391. The van der Waals surface area contributed by atoms with E-state index in [0.29, 0.717) is 15.9 Å². The number of esters is 1. The van der Waals surface area contributed by atoms with E-state index in [9.17, 15) is 36.1 Å². The Kier molecular flexibility index (Phi) is 9.53. The van der Waals surface area contributed by atoms with E-state index in [0.717, 1.165) is 11.3 Å². The molecule has 216 valence electrons. The lowest BCUT2D eigenvalue weighted by Gasteiger charge is -2.40. The molecule has 0 spiro atoms. The Hall–Kier alpha value is -2.95. The van der Waals surface area contributed by atoms with Gasteiger partial charge < -0.3 is 14.2 Å². The molecule has 0 N–H and O–H groups in total. The Labute approximate surface area is 236 Å². The predicted molar refractivity (Wildman–Crippen MR) is 137 cm³/mol. The van der Waals surface area contributed by atoms with Crippen LogP contribution in [0, 0.1) is 5.82 Å². The van der Waals surface area contributed by atoms with Crippen LogP contribution in [0.1, 0.15) is 40.3 Å². The number of piperazine rings is 1. The molecular formula is C23H21ClF5N5O4S2. The number of anilines is 1. The highest BCUT2D eigenvalue weighted by Gasteiger charge is 2.38. The zero-order valence-electron chi connectivity index (χ0n) is 20.6. The average Bonchev–Trinajstić information content (AvgIpc) is 3.56. The second-order valence-corrected chi connectivity index (χ2v) is 11.3. The van der Waals surface area contributed by atoms with Crippen LogP contribution in [0.5, 0.6) is 0 Å². The van der Waals surface area contributed by atoms with Gasteiger partial charge in [-0.25, -0.2) is 31.7 Å². The van der Waals surface area contributed by atoms with Crippen LogP contribution in [0.2, 0.25) is 5.02 Å². The Bertz CT molecular complexity index is 1350. The highest BCUT2D eigenvalue weighted by atomic mass is 35.5. The SMILES string of the molecule is C[S+]([O-])C1CN(c2nc(C(=O)OCc3c(F)cccc3Cl)cs2)CCN1C(=O)Cn1nc(C(F)F)cc1C(F)F. The molecule has 9 nitrogen and oxygen atoms in total. The molecule has 1 fully saturated rings. The number of amides is 1. The van der Waals surface area contributed by atoms with Gasteiger partial charge in [0.2, 0.25) is 11.3 Å². The molecule has 1 aliphatic heterocycles. The molecule has 1 amide bonds. The van der Waals surface area contributed by atoms with Crippen LogP contribution in [0.4, 0.5) is 27.1 Å². The van der Waals surface area contributed by atoms with Gasteiger partial charge in [0.05, 0.1) is 17.8 Å². The summed E-state index contributed by atoms with van der Waals surface area (Å²) in [5.74, 6) is -2.16. The lowest BCUT2D eigenvalue weighted by Crippen LogP contribution is -2.58. The first-order valence-corrected chi connectivity index (χ1v) is 14.4. The zero-order valence-corrected chi connectivity index (χ0v) is 23.0. The minimum Gasteiger partial charge on any atom is -0.615 e. The van der Waals surface area contributed by atoms with E-state index in [1.165, 1.54) is 34.7 Å². The highest BCUT2D eigenvalue weighted by molar-refractivity contribution is 7.91. The summed E-state index contributed by atoms with van der Waals surface area (Å²) >= 11 is 5.44. The third kappa shape index (κ3) is 6.67. The second kappa shape index (κ2) is 12.7. The number of nitrogens with zero attached hydrogens (tertiary/aromatic N) is 5. The van der Waals surface area contributed by atoms with Gasteiger partial charge in [-0.05, 0) is 29.4 Å². The maximum Gasteiger partial charge on any atom is 0.358 e. The van der Waals surface area contributed by atoms with Crippen LogP contribution >= 0.6 is 22.9 Å². The van der Waals surface area contributed by atoms with Gasteiger partial charge in [0.1, 0.15) is 30.4 Å². The number of hydrogen-bond donors (Lipinski definition) is 0. The average molecular weight is 626 g/mol. The molecule has 2 unspecified atom stereocenters. The van der Waals surface area contributed by atoms with Crippen molar-refractivity contribution in [3.8, 4) is 0 Å². The number of rotatable bonds is 9. The topological polar surface area (TPSA) is 104 Å². The van der Waals surface area contributed by atoms with Gasteiger partial charge in [-0.2, -0.15) is 5.10 Å². The summed E-state index contributed by atoms with van der Waals surface area (Å²) in [6, 6.07) is 4.61. The van der Waals surface area contributed by atoms with E-state index < -0.39 is 71.6 Å². The van der Waals surface area contributed by atoms with Crippen molar-refractivity contribution in [3.05, 3.63) is 63.1 Å². The molecule has 0 bridgehead atoms. The maximum absolute atomic E-state index is 13.9. The van der Waals surface area contributed by atoms with Crippen LogP contribution in [0.25, 0.3) is 0 Å². The molecule has 40 heavy (non-hydrogen) atoms. The van der Waals surface area contributed by atoms with Crippen LogP contribution in [-0.4, -0.2) is 67.4 Å². The quantitative estimate of drug-likeness (QED) is 0.197. The second-order valence-electron chi connectivity index (χ2n) is 8.53. The minimum absolute atomic E-state index is 0.0151. The molecule has 2 aromatic heterocycles. The molecule has 2 atom stereocenters. The van der Waals surface area contributed by atoms with Gasteiger partial charge in [0, 0.05) is 24.0 Å². The number of carbonyl (C=O) groups excluding carboxylic acids is 2. The van der Waals surface area contributed by atoms with Crippen molar-refractivity contribution < 1.29 is 40.8 Å². The molecule has 3 heterocycles. The molecule has 17 heteroatoms. The first-order chi connectivity index (χ1) is 19.0. The number of ether oxygens (including phenoxy) is 1. The number of alkyl halides is 4. The summed E-state index contributed by atoms with van der Waals surface area (Å²) in [7, 11) is 0. The maximum atomic E-state index is 13.9. The van der Waals surface area contributed by atoms with Crippen molar-refractivity contribution in [3.63, 3.8) is 0 Å². The van der Waals surface area contributed by atoms with E-state index in [1.54, 1.807) is 4.90 Å². The number of benzene rings is 1. The molecule has 1 aliphatic rings. The van der Waals surface area contributed by atoms with Crippen LogP contribution < -0.4 is 4.90 Å². The largest absolute Gasteiger partial charge is 0.615 e. The number of aromatic nitrogens is 3. The number of carbonyl (C=O) groups is 2. The van der Waals surface area contributed by atoms with Crippen LogP contribution in [0.3, 0.4) is 0 Å². The summed E-state index contributed by atoms with van der Waals surface area (Å²) < 4.78 is 84.7. The van der Waals surface area contributed by atoms with Crippen molar-refractivity contribution in [2.24, 2.45) is 0 Å². The van der Waals surface area contributed by atoms with Crippen molar-refractivity contribution in [2.45, 2.75) is 31.4 Å². The fourth-order valence-electron chi connectivity index (χ4n) is 3.96. The lowest BCUT2D eigenvalue weighted by atomic mass is 10.2. The molecule has 0 saturated carbocycles. The van der Waals surface area contributed by atoms with E-state index in [2.05, 4.69) is 10.1 Å². The van der Waals surface area contributed by atoms with Gasteiger partial charge >= 0.3 is 5.97 Å². The van der Waals surface area contributed by atoms with Crippen molar-refractivity contribution in [1.82, 2.24) is 19.7 Å². The Morgan fingerprint density at radius 3 is 2.65 bits per heavy atom. The molecule has 3 aromatic rings. The van der Waals surface area contributed by atoms with Gasteiger partial charge in [-0.3, -0.25) is 14.4 Å². The molecule has 0 radical (unpaired) electrons. The van der Waals surface area contributed by atoms with Gasteiger partial charge in [0.25, 0.3) is 12.9 Å². The smallest absolute Gasteiger partial charge is 0.358 e. The van der Waals surface area contributed by atoms with Crippen molar-refractivity contribution in [2.75, 3.05) is 30.8 Å². The van der Waals surface area contributed by atoms with Gasteiger partial charge in [-0.1, -0.05) is 17.7 Å². The minimum atomic E-state index is -3.13. The molecule has 1 saturated heterocycles. The first-order valence-electron chi connectivity index (χ1n) is 11.5. The standard InChI is InChI=1S/C23H21ClF5N5O4S2/c1-40(37)19-9-32(5-6-33(19)18(35)8-34-17(21(28)29)7-15(31-34)20(26)27)23-30-16(11-39-23)22(36)38-10-12-13(24)3-2-4-14(12)25/h2-4,7,11,19-21H,5-6,8-10H2,1H3. The van der Waals surface area contributed by atoms with Crippen LogP contribution in [-0.2, 0) is 33.9 Å². The zero-order chi connectivity index (χ0) is 29.1. The summed E-state index contributed by atoms with van der Waals surface area (Å²) in [5, 5.41) is 4.45. The van der Waals surface area contributed by atoms with Gasteiger partial charge in [-0.15, -0.1) is 11.3 Å². The lowest BCUT2D eigenvalue weighted by molar-refractivity contribution is -0.133. The summed E-state index contributed by atoms with van der Waals surface area (Å²) in [6.07, 6.45) is -4.86. The summed E-state index contributed by atoms with van der Waals surface area (Å²) in [6.45, 7) is -0.905. The number of thiazole rings is 1. The van der Waals surface area contributed by atoms with Crippen molar-refractivity contribution >= 4 is 51.1 Å². The number of hydrogen-bond acceptors (Lipinski definition) is 8. The normalized spacial score (nSPS) is 16.6. The summed E-state index contributed by atoms with van der Waals surface area (Å²) in [5.41, 5.74) is -1.73. The third-order valence-corrected chi connectivity index (χ3v) is 8.41.